The number of fused-ring (bicyclic) bond motifs is 5. The van der Waals surface area contributed by atoms with Crippen LogP contribution in [-0.2, 0) is 14.3 Å². The fraction of sp³-hybridized carbons (Fsp3) is 0.600. The van der Waals surface area contributed by atoms with Crippen LogP contribution in [0.25, 0.3) is 6.08 Å². The van der Waals surface area contributed by atoms with Crippen LogP contribution in [0.15, 0.2) is 46.5 Å². The van der Waals surface area contributed by atoms with E-state index in [9.17, 15) is 9.59 Å². The molecule has 182 valence electrons. The second kappa shape index (κ2) is 9.08. The number of allylic oxidation sites excluding steroid dienone is 2. The molecule has 0 spiro atoms. The highest BCUT2D eigenvalue weighted by Gasteiger charge is 2.59. The van der Waals surface area contributed by atoms with Gasteiger partial charge in [0.15, 0.2) is 5.78 Å². The lowest BCUT2D eigenvalue weighted by atomic mass is 9.47. The van der Waals surface area contributed by atoms with E-state index in [0.717, 1.165) is 48.6 Å². The maximum atomic E-state index is 13.4. The number of ketones is 1. The molecule has 0 aliphatic heterocycles. The van der Waals surface area contributed by atoms with Gasteiger partial charge < -0.3 is 4.74 Å². The molecule has 3 saturated carbocycles. The molecule has 0 saturated heterocycles. The summed E-state index contributed by atoms with van der Waals surface area (Å²) in [6.07, 6.45) is 15.0. The van der Waals surface area contributed by atoms with Gasteiger partial charge >= 0.3 is 5.97 Å². The third-order valence-corrected chi connectivity index (χ3v) is 10.6. The van der Waals surface area contributed by atoms with Crippen molar-refractivity contribution >= 4 is 33.8 Å². The van der Waals surface area contributed by atoms with Gasteiger partial charge in [-0.1, -0.05) is 59.6 Å². The van der Waals surface area contributed by atoms with Gasteiger partial charge in [0.1, 0.15) is 6.10 Å². The van der Waals surface area contributed by atoms with Gasteiger partial charge in [0, 0.05) is 23.7 Å². The van der Waals surface area contributed by atoms with Gasteiger partial charge in [-0.3, -0.25) is 9.59 Å². The fourth-order valence-electron chi connectivity index (χ4n) is 8.30. The molecule has 7 atom stereocenters. The first-order chi connectivity index (χ1) is 16.2. The van der Waals surface area contributed by atoms with Crippen molar-refractivity contribution in [2.45, 2.75) is 78.2 Å². The summed E-state index contributed by atoms with van der Waals surface area (Å²) < 4.78 is 6.63. The highest BCUT2D eigenvalue weighted by molar-refractivity contribution is 9.10. The first-order valence-corrected chi connectivity index (χ1v) is 13.8. The van der Waals surface area contributed by atoms with Crippen LogP contribution >= 0.6 is 15.9 Å². The molecule has 0 N–H and O–H groups in total. The summed E-state index contributed by atoms with van der Waals surface area (Å²) in [6, 6.07) is 8.12. The molecule has 0 amide bonds. The Balaban J connectivity index is 1.32. The number of carbonyl (C=O) groups excluding carboxylic acids is 2. The molecule has 4 aliphatic carbocycles. The lowest BCUT2D eigenvalue weighted by Crippen LogP contribution is -2.51. The summed E-state index contributed by atoms with van der Waals surface area (Å²) >= 11 is 3.47. The zero-order chi connectivity index (χ0) is 24.1. The summed E-state index contributed by atoms with van der Waals surface area (Å²) in [4.78, 5) is 24.9. The van der Waals surface area contributed by atoms with E-state index in [1.54, 1.807) is 0 Å². The van der Waals surface area contributed by atoms with Gasteiger partial charge in [0.2, 0.25) is 0 Å². The molecule has 5 rings (SSSR count). The molecule has 0 heterocycles. The lowest BCUT2D eigenvalue weighted by molar-refractivity contribution is -0.149. The van der Waals surface area contributed by atoms with Gasteiger partial charge in [-0.15, -0.1) is 0 Å². The molecule has 1 aromatic rings. The SMILES string of the molecule is CC(=O)O[C@H]1CC[C@@]2(C)C(=CCC3C4CCC(C(=O)/C=C/c5ccc(Br)cc5)[C@@]4(C)CCC32)C1. The molecule has 34 heavy (non-hydrogen) atoms. The number of carbonyl (C=O) groups is 2. The molecule has 0 radical (unpaired) electrons. The van der Waals surface area contributed by atoms with Crippen LogP contribution < -0.4 is 0 Å². The second-order valence-electron chi connectivity index (χ2n) is 11.7. The number of hydrogen-bond donors (Lipinski definition) is 0. The van der Waals surface area contributed by atoms with Gasteiger partial charge in [0.05, 0.1) is 0 Å². The third kappa shape index (κ3) is 4.14. The van der Waals surface area contributed by atoms with Crippen molar-refractivity contribution in [2.24, 2.45) is 34.5 Å². The zero-order valence-electron chi connectivity index (χ0n) is 20.7. The lowest BCUT2D eigenvalue weighted by Gasteiger charge is -2.58. The Morgan fingerprint density at radius 2 is 1.79 bits per heavy atom. The predicted octanol–water partition coefficient (Wildman–Crippen LogP) is 7.54. The van der Waals surface area contributed by atoms with Crippen LogP contribution in [0.4, 0.5) is 0 Å². The van der Waals surface area contributed by atoms with Crippen molar-refractivity contribution in [2.75, 3.05) is 0 Å². The number of halogens is 1. The highest BCUT2D eigenvalue weighted by atomic mass is 79.9. The normalized spacial score (nSPS) is 39.1. The molecule has 3 nitrogen and oxygen atoms in total. The van der Waals surface area contributed by atoms with Crippen LogP contribution in [0, 0.1) is 34.5 Å². The highest BCUT2D eigenvalue weighted by Crippen LogP contribution is 2.66. The second-order valence-corrected chi connectivity index (χ2v) is 12.6. The smallest absolute Gasteiger partial charge is 0.302 e. The minimum Gasteiger partial charge on any atom is -0.462 e. The van der Waals surface area contributed by atoms with Crippen molar-refractivity contribution in [1.29, 1.82) is 0 Å². The van der Waals surface area contributed by atoms with Gasteiger partial charge in [0.25, 0.3) is 0 Å². The van der Waals surface area contributed by atoms with E-state index >= 15 is 0 Å². The van der Waals surface area contributed by atoms with E-state index in [4.69, 9.17) is 4.74 Å². The Morgan fingerprint density at radius 1 is 1.03 bits per heavy atom. The molecule has 4 aliphatic rings. The number of hydrogen-bond acceptors (Lipinski definition) is 3. The maximum Gasteiger partial charge on any atom is 0.302 e. The number of ether oxygens (including phenoxy) is 1. The third-order valence-electron chi connectivity index (χ3n) is 10.0. The minimum absolute atomic E-state index is 0.0493. The molecular formula is C30H37BrO3. The largest absolute Gasteiger partial charge is 0.462 e. The van der Waals surface area contributed by atoms with E-state index in [0.29, 0.717) is 23.5 Å². The Labute approximate surface area is 212 Å². The zero-order valence-corrected chi connectivity index (χ0v) is 22.3. The molecule has 4 heteroatoms. The molecule has 0 aromatic heterocycles. The fourth-order valence-corrected chi connectivity index (χ4v) is 8.56. The monoisotopic (exact) mass is 524 g/mol. The summed E-state index contributed by atoms with van der Waals surface area (Å²) in [5.74, 6) is 2.28. The molecule has 3 fully saturated rings. The van der Waals surface area contributed by atoms with E-state index < -0.39 is 0 Å². The van der Waals surface area contributed by atoms with E-state index in [-0.39, 0.29) is 28.8 Å². The van der Waals surface area contributed by atoms with Gasteiger partial charge in [-0.2, -0.15) is 0 Å². The molecular weight excluding hydrogens is 488 g/mol. The summed E-state index contributed by atoms with van der Waals surface area (Å²) in [5, 5.41) is 0. The van der Waals surface area contributed by atoms with Crippen LogP contribution in [0.1, 0.15) is 77.7 Å². The summed E-state index contributed by atoms with van der Waals surface area (Å²) in [5.41, 5.74) is 2.93. The first kappa shape index (κ1) is 24.0. The average Bonchev–Trinajstić information content (AvgIpc) is 3.16. The van der Waals surface area contributed by atoms with Crippen molar-refractivity contribution < 1.29 is 14.3 Å². The van der Waals surface area contributed by atoms with Crippen molar-refractivity contribution in [3.8, 4) is 0 Å². The maximum absolute atomic E-state index is 13.4. The van der Waals surface area contributed by atoms with Crippen LogP contribution in [0.3, 0.4) is 0 Å². The van der Waals surface area contributed by atoms with E-state index in [1.165, 1.54) is 25.3 Å². The van der Waals surface area contributed by atoms with Crippen LogP contribution in [0.5, 0.6) is 0 Å². The Kier molecular flexibility index (Phi) is 6.42. The van der Waals surface area contributed by atoms with E-state index in [2.05, 4.69) is 35.9 Å². The first-order valence-electron chi connectivity index (χ1n) is 13.0. The predicted molar refractivity (Wildman–Crippen MR) is 139 cm³/mol. The summed E-state index contributed by atoms with van der Waals surface area (Å²) in [7, 11) is 0. The minimum atomic E-state index is -0.160. The topological polar surface area (TPSA) is 43.4 Å². The Morgan fingerprint density at radius 3 is 2.53 bits per heavy atom. The standard InChI is InChI=1S/C30H37BrO3/c1-19(32)34-23-14-16-29(2)21(18-23)7-10-24-25-11-12-27(30(25,3)17-15-26(24)29)28(33)13-6-20-4-8-22(31)9-5-20/h4-9,13,23-27H,10-12,14-18H2,1-3H3/b13-6+/t23-,24?,25?,26?,27?,29-,30-/m0/s1. The van der Waals surface area contributed by atoms with Crippen molar-refractivity contribution in [3.63, 3.8) is 0 Å². The molecule has 1 aromatic carbocycles. The molecule has 4 unspecified atom stereocenters. The quantitative estimate of drug-likeness (QED) is 0.232. The summed E-state index contributed by atoms with van der Waals surface area (Å²) in [6.45, 7) is 6.41. The Hall–Kier alpha value is -1.68. The van der Waals surface area contributed by atoms with Gasteiger partial charge in [-0.05, 0) is 97.3 Å². The van der Waals surface area contributed by atoms with Crippen LogP contribution in [0.2, 0.25) is 0 Å². The Bertz CT molecular complexity index is 1020. The number of benzene rings is 1. The molecule has 0 bridgehead atoms. The van der Waals surface area contributed by atoms with E-state index in [1.807, 2.05) is 36.4 Å². The van der Waals surface area contributed by atoms with Crippen molar-refractivity contribution in [1.82, 2.24) is 0 Å². The van der Waals surface area contributed by atoms with Crippen molar-refractivity contribution in [3.05, 3.63) is 52.0 Å². The number of rotatable bonds is 4. The number of esters is 1. The van der Waals surface area contributed by atoms with Crippen LogP contribution in [-0.4, -0.2) is 17.9 Å². The average molecular weight is 526 g/mol. The van der Waals surface area contributed by atoms with Gasteiger partial charge in [-0.25, -0.2) is 0 Å².